The minimum absolute atomic E-state index is 0.00919. The number of pyridine rings is 1. The third-order valence-corrected chi connectivity index (χ3v) is 13.2. The van der Waals surface area contributed by atoms with Crippen LogP contribution in [0.5, 0.6) is 0 Å². The topological polar surface area (TPSA) is 144 Å². The number of hydrogen-bond donors (Lipinski definition) is 3. The second kappa shape index (κ2) is 16.3. The molecule has 0 radical (unpaired) electrons. The molecule has 0 saturated heterocycles. The third-order valence-electron chi connectivity index (χ3n) is 12.2. The fourth-order valence-electron chi connectivity index (χ4n) is 10.3. The van der Waals surface area contributed by atoms with Crippen molar-refractivity contribution in [1.29, 1.82) is 0 Å². The first-order valence-electron chi connectivity index (χ1n) is 20.1. The Balaban J connectivity index is 0.998. The maximum absolute atomic E-state index is 13.6. The molecule has 13 heteroatoms. The fraction of sp³-hybridized carbons (Fsp3) is 0.477. The number of aromatic nitrogens is 4. The molecule has 0 spiro atoms. The molecule has 5 aromatic rings. The van der Waals surface area contributed by atoms with Crippen LogP contribution in [0.25, 0.3) is 21.3 Å². The number of thiazole rings is 1. The van der Waals surface area contributed by atoms with E-state index in [1.165, 1.54) is 17.8 Å². The van der Waals surface area contributed by atoms with Crippen molar-refractivity contribution >= 4 is 44.4 Å². The number of carbonyl (C=O) groups excluding carboxylic acids is 1. The molecule has 4 unspecified atom stereocenters. The van der Waals surface area contributed by atoms with Gasteiger partial charge in [-0.05, 0) is 104 Å². The zero-order chi connectivity index (χ0) is 39.7. The van der Waals surface area contributed by atoms with E-state index in [-0.39, 0.29) is 28.5 Å². The smallest absolute Gasteiger partial charge is 0.355 e. The summed E-state index contributed by atoms with van der Waals surface area (Å²) < 4.78 is 14.8. The van der Waals surface area contributed by atoms with Crippen molar-refractivity contribution in [3.63, 3.8) is 0 Å². The van der Waals surface area contributed by atoms with Gasteiger partial charge in [-0.2, -0.15) is 5.10 Å². The number of carboxylic acids is 1. The van der Waals surface area contributed by atoms with Gasteiger partial charge in [0.1, 0.15) is 5.82 Å². The molecule has 2 aromatic carbocycles. The number of anilines is 2. The molecule has 2 saturated carbocycles. The van der Waals surface area contributed by atoms with Crippen LogP contribution in [0.15, 0.2) is 60.8 Å². The van der Waals surface area contributed by atoms with E-state index in [0.717, 1.165) is 77.9 Å². The summed E-state index contributed by atoms with van der Waals surface area (Å²) in [7, 11) is 1.71. The maximum Gasteiger partial charge on any atom is 0.355 e. The summed E-state index contributed by atoms with van der Waals surface area (Å²) in [5, 5.41) is 22.4. The highest BCUT2D eigenvalue weighted by molar-refractivity contribution is 7.22. The van der Waals surface area contributed by atoms with E-state index >= 15 is 0 Å². The molecule has 3 aromatic heterocycles. The summed E-state index contributed by atoms with van der Waals surface area (Å²) in [6.07, 6.45) is 8.20. The number of carbonyl (C=O) groups is 2. The average Bonchev–Trinajstić information content (AvgIpc) is 3.76. The number of hydrogen-bond acceptors (Lipinski definition) is 10. The van der Waals surface area contributed by atoms with Crippen LogP contribution >= 0.6 is 11.3 Å². The van der Waals surface area contributed by atoms with Gasteiger partial charge in [0.2, 0.25) is 0 Å². The fourth-order valence-corrected chi connectivity index (χ4v) is 11.2. The molecule has 2 aliphatic carbocycles. The van der Waals surface area contributed by atoms with Gasteiger partial charge >= 0.3 is 5.97 Å². The minimum Gasteiger partial charge on any atom is -0.476 e. The molecule has 8 rings (SSSR count). The van der Waals surface area contributed by atoms with Gasteiger partial charge in [-0.15, -0.1) is 0 Å². The normalized spacial score (nSPS) is 23.1. The van der Waals surface area contributed by atoms with Crippen molar-refractivity contribution in [3.05, 3.63) is 88.9 Å². The molecule has 2 bridgehead atoms. The van der Waals surface area contributed by atoms with Gasteiger partial charge in [-0.25, -0.2) is 14.8 Å². The Bertz CT molecular complexity index is 2240. The number of benzene rings is 2. The van der Waals surface area contributed by atoms with Crippen molar-refractivity contribution in [2.24, 2.45) is 16.7 Å². The molecular formula is C44H53N7O5S. The van der Waals surface area contributed by atoms with Crippen molar-refractivity contribution in [1.82, 2.24) is 25.1 Å². The van der Waals surface area contributed by atoms with Gasteiger partial charge < -0.3 is 24.8 Å². The van der Waals surface area contributed by atoms with E-state index in [9.17, 15) is 14.7 Å². The molecule has 1 amide bonds. The summed E-state index contributed by atoms with van der Waals surface area (Å²) in [5.41, 5.74) is 5.92. The van der Waals surface area contributed by atoms with Crippen molar-refractivity contribution < 1.29 is 24.2 Å². The lowest BCUT2D eigenvalue weighted by molar-refractivity contribution is -0.109. The summed E-state index contributed by atoms with van der Waals surface area (Å²) in [5.74, 6) is -0.141. The largest absolute Gasteiger partial charge is 0.476 e. The van der Waals surface area contributed by atoms with Crippen LogP contribution < -0.4 is 15.5 Å². The van der Waals surface area contributed by atoms with E-state index < -0.39 is 5.97 Å². The molecule has 3 aliphatic rings. The van der Waals surface area contributed by atoms with Gasteiger partial charge in [0.25, 0.3) is 5.91 Å². The molecule has 2 fully saturated rings. The van der Waals surface area contributed by atoms with Crippen molar-refractivity contribution in [3.8, 4) is 11.1 Å². The number of para-hydroxylation sites is 1. The maximum atomic E-state index is 13.6. The van der Waals surface area contributed by atoms with E-state index in [0.29, 0.717) is 60.7 Å². The zero-order valence-corrected chi connectivity index (χ0v) is 34.2. The van der Waals surface area contributed by atoms with E-state index in [4.69, 9.17) is 19.6 Å². The average molecular weight is 792 g/mol. The monoisotopic (exact) mass is 791 g/mol. The lowest BCUT2D eigenvalue weighted by Gasteiger charge is -2.55. The zero-order valence-electron chi connectivity index (χ0n) is 33.3. The van der Waals surface area contributed by atoms with Crippen molar-refractivity contribution in [2.75, 3.05) is 50.2 Å². The number of ether oxygens (including phenoxy) is 2. The second-order valence-electron chi connectivity index (χ2n) is 16.9. The molecule has 300 valence electrons. The Morgan fingerprint density at radius 1 is 1.00 bits per heavy atom. The lowest BCUT2D eigenvalue weighted by Crippen LogP contribution is -2.49. The molecule has 4 atom stereocenters. The predicted octanol–water partition coefficient (Wildman–Crippen LogP) is 7.60. The summed E-state index contributed by atoms with van der Waals surface area (Å²) in [6, 6.07) is 17.4. The predicted molar refractivity (Wildman–Crippen MR) is 223 cm³/mol. The highest BCUT2D eigenvalue weighted by atomic mass is 32.1. The van der Waals surface area contributed by atoms with E-state index in [1.807, 2.05) is 55.5 Å². The van der Waals surface area contributed by atoms with Crippen LogP contribution in [0.2, 0.25) is 0 Å². The second-order valence-corrected chi connectivity index (χ2v) is 17.9. The Kier molecular flexibility index (Phi) is 11.2. The number of carboxylic acid groups (broad SMARTS) is 1. The highest BCUT2D eigenvalue weighted by Gasteiger charge is 2.51. The molecule has 4 heterocycles. The van der Waals surface area contributed by atoms with Crippen LogP contribution in [0.1, 0.15) is 83.6 Å². The Morgan fingerprint density at radius 2 is 1.84 bits per heavy atom. The van der Waals surface area contributed by atoms with Gasteiger partial charge in [0.05, 0.1) is 35.7 Å². The van der Waals surface area contributed by atoms with Gasteiger partial charge in [0, 0.05) is 62.2 Å². The van der Waals surface area contributed by atoms with E-state index in [2.05, 4.69) is 45.1 Å². The van der Waals surface area contributed by atoms with Gasteiger partial charge in [-0.1, -0.05) is 49.4 Å². The van der Waals surface area contributed by atoms with Gasteiger partial charge in [0.15, 0.2) is 10.8 Å². The highest BCUT2D eigenvalue weighted by Crippen LogP contribution is 2.58. The van der Waals surface area contributed by atoms with Crippen molar-refractivity contribution in [2.45, 2.75) is 78.5 Å². The molecular weight excluding hydrogens is 739 g/mol. The minimum atomic E-state index is -1.09. The molecule has 3 N–H and O–H groups in total. The summed E-state index contributed by atoms with van der Waals surface area (Å²) in [4.78, 5) is 37.9. The summed E-state index contributed by atoms with van der Waals surface area (Å²) in [6.45, 7) is 11.7. The quantitative estimate of drug-likeness (QED) is 0.0963. The third kappa shape index (κ3) is 8.34. The Morgan fingerprint density at radius 3 is 2.67 bits per heavy atom. The lowest BCUT2D eigenvalue weighted by atomic mass is 9.52. The van der Waals surface area contributed by atoms with Crippen LogP contribution in [-0.4, -0.2) is 82.8 Å². The van der Waals surface area contributed by atoms with E-state index in [1.54, 1.807) is 13.3 Å². The molecule has 12 nitrogen and oxygen atoms in total. The number of amides is 1. The standard InChI is InChI=1S/C44H53N7O5S/c1-28-20-43(3)22-31(56-19-16-45-15-18-55-4)23-44(21-28,26-43)27-51-29(2)34(24-46-51)32-12-13-38(48-39(32)41(53)54)50-17-14-30-8-7-9-33(35(30)25-50)40(52)49-42-47-36-10-5-6-11-37(36)57-42/h5-13,24,28,31,45H,14-23,25-27H2,1-4H3,(H,53,54)(H,47,49,52). The Hall–Kier alpha value is -4.69. The SMILES string of the molecule is COCCNCCOC1CC2(C)CC(C)CC(Cn3ncc(-c4ccc(N5CCc6cccc(C(=O)Nc7nc8ccccc8s7)c6C5)nc4C(=O)O)c3C)(C1)C2. The first-order valence-corrected chi connectivity index (χ1v) is 20.9. The summed E-state index contributed by atoms with van der Waals surface area (Å²) >= 11 is 1.44. The van der Waals surface area contributed by atoms with Crippen LogP contribution in [-0.2, 0) is 29.0 Å². The number of fused-ring (bicyclic) bond motifs is 4. The first-order chi connectivity index (χ1) is 27.5. The number of aromatic carboxylic acids is 1. The first kappa shape index (κ1) is 39.2. The number of methoxy groups -OCH3 is 1. The number of nitrogens with zero attached hydrogens (tertiary/aromatic N) is 5. The molecule has 1 aliphatic heterocycles. The van der Waals surface area contributed by atoms with Crippen LogP contribution in [0.3, 0.4) is 0 Å². The number of rotatable bonds is 14. The van der Waals surface area contributed by atoms with Crippen LogP contribution in [0, 0.1) is 23.7 Å². The van der Waals surface area contributed by atoms with Gasteiger partial charge in [-0.3, -0.25) is 14.8 Å². The molecule has 57 heavy (non-hydrogen) atoms. The Labute approximate surface area is 338 Å². The number of nitrogens with one attached hydrogen (secondary N) is 2. The van der Waals surface area contributed by atoms with Crippen LogP contribution in [0.4, 0.5) is 10.9 Å².